The molecule has 46 heteroatoms. The number of methoxy groups -OCH3 is 1. The fourth-order valence-electron chi connectivity index (χ4n) is 13.4. The number of nitrogens with one attached hydrogen (secondary N) is 1. The fourth-order valence-corrected chi connectivity index (χ4v) is 14.0. The van der Waals surface area contributed by atoms with Gasteiger partial charge in [0, 0.05) is 27.1 Å². The third-order valence-corrected chi connectivity index (χ3v) is 20.8. The van der Waals surface area contributed by atoms with E-state index in [2.05, 4.69) is 9.84 Å². The molecule has 0 aromatic rings. The number of ether oxygens (including phenoxy) is 18. The van der Waals surface area contributed by atoms with Crippen molar-refractivity contribution in [3.63, 3.8) is 0 Å². The molecule has 19 unspecified atom stereocenters. The van der Waals surface area contributed by atoms with E-state index in [9.17, 15) is 121 Å². The van der Waals surface area contributed by atoms with Crippen molar-refractivity contribution in [3.8, 4) is 0 Å². The van der Waals surface area contributed by atoms with Gasteiger partial charge < -0.3 is 203 Å². The van der Waals surface area contributed by atoms with Crippen LogP contribution in [0.15, 0.2) is 0 Å². The van der Waals surface area contributed by atoms with Crippen LogP contribution in [0, 0.1) is 5.92 Å². The lowest BCUT2D eigenvalue weighted by molar-refractivity contribution is -0.408. The lowest BCUT2D eigenvalue weighted by Crippen LogP contribution is -2.69. The smallest absolute Gasteiger partial charge is 0.394 e. The molecule has 0 aliphatic carbocycles. The molecule has 9 rings (SSSR count). The second-order valence-corrected chi connectivity index (χ2v) is 28.8. The first kappa shape index (κ1) is 87.0. The SMILES string of the molecule is COCC1OC(OC[C@@H]2C(O)[C@H](O[C@H]3[C@H](O)C(CO)OC(OCC4OC(O[C@H]5C(O)[C@@H](O)C(C)O[C@H]5O[C@H]5C(O)[C@@H](O)C(C)O[C@H]5O[C@H]5C(O)[C@@H](O)C(C)O[C@H]5O[C@H]5C(O)[C@@H](O)C(C)O[C@H]5OCC5OC(OP(=O)(O)OC)[C@@H](O)[C@@H](O)[C@H]5O)[C@@H](NC(C)=O)[C@@H](O)[C@@H]4O)[C@H]3O)OC(C)[C@@H]2O)[C@@H](O)[C@@H](O)[C@H]1O. The van der Waals surface area contributed by atoms with Gasteiger partial charge in [0.25, 0.3) is 0 Å². The van der Waals surface area contributed by atoms with Crippen molar-refractivity contribution in [1.29, 1.82) is 0 Å². The highest BCUT2D eigenvalue weighted by atomic mass is 31.2. The van der Waals surface area contributed by atoms with E-state index in [1.807, 2.05) is 0 Å². The molecule has 9 aliphatic rings. The Morgan fingerprint density at radius 1 is 0.343 bits per heavy atom. The van der Waals surface area contributed by atoms with Gasteiger partial charge >= 0.3 is 7.82 Å². The van der Waals surface area contributed by atoms with Crippen LogP contribution in [0.3, 0.4) is 0 Å². The van der Waals surface area contributed by atoms with Crippen LogP contribution in [0.5, 0.6) is 0 Å². The molecule has 0 spiro atoms. The Morgan fingerprint density at radius 3 is 1.15 bits per heavy atom. The number of aliphatic hydroxyl groups excluding tert-OH is 21. The van der Waals surface area contributed by atoms with Crippen molar-refractivity contribution < 1.29 is 216 Å². The molecule has 9 fully saturated rings. The first-order valence-corrected chi connectivity index (χ1v) is 35.4. The highest BCUT2D eigenvalue weighted by Crippen LogP contribution is 2.46. The molecule has 9 aliphatic heterocycles. The van der Waals surface area contributed by atoms with E-state index in [1.54, 1.807) is 0 Å². The number of phosphoric ester groups is 1. The van der Waals surface area contributed by atoms with E-state index in [1.165, 1.54) is 41.7 Å². The lowest BCUT2D eigenvalue weighted by atomic mass is 9.89. The first-order valence-electron chi connectivity index (χ1n) is 33.9. The summed E-state index contributed by atoms with van der Waals surface area (Å²) in [7, 11) is -2.83. The van der Waals surface area contributed by atoms with E-state index in [0.717, 1.165) is 14.0 Å². The minimum Gasteiger partial charge on any atom is -0.394 e. The average molecular weight is 1560 g/mol. The second-order valence-electron chi connectivity index (χ2n) is 27.3. The quantitative estimate of drug-likeness (QED) is 0.0358. The van der Waals surface area contributed by atoms with Crippen LogP contribution in [0.4, 0.5) is 0 Å². The number of amides is 1. The largest absolute Gasteiger partial charge is 0.474 e. The predicted octanol–water partition coefficient (Wildman–Crippen LogP) is -13.7. The van der Waals surface area contributed by atoms with Crippen LogP contribution in [0.2, 0.25) is 0 Å². The highest BCUT2D eigenvalue weighted by Gasteiger charge is 2.59. The van der Waals surface area contributed by atoms with Gasteiger partial charge in [-0.1, -0.05) is 0 Å². The molecule has 0 bridgehead atoms. The Hall–Kier alpha value is -1.98. The van der Waals surface area contributed by atoms with E-state index >= 15 is 0 Å². The molecule has 105 heavy (non-hydrogen) atoms. The summed E-state index contributed by atoms with van der Waals surface area (Å²) in [5.74, 6) is -2.22. The Balaban J connectivity index is 0.910. The summed E-state index contributed by atoms with van der Waals surface area (Å²) < 4.78 is 127. The number of hydrogen-bond acceptors (Lipinski definition) is 43. The maximum Gasteiger partial charge on any atom is 0.474 e. The maximum atomic E-state index is 12.8. The number of carbonyl (C=O) groups is 1. The van der Waals surface area contributed by atoms with E-state index < -0.39 is 316 Å². The number of rotatable bonds is 26. The number of carbonyl (C=O) groups excluding carboxylic acids is 1. The zero-order chi connectivity index (χ0) is 77.4. The molecule has 23 N–H and O–H groups in total. The second kappa shape index (κ2) is 36.9. The van der Waals surface area contributed by atoms with E-state index in [0.29, 0.717) is 0 Å². The molecule has 1 amide bonds. The van der Waals surface area contributed by atoms with Gasteiger partial charge in [-0.3, -0.25) is 13.8 Å². The summed E-state index contributed by atoms with van der Waals surface area (Å²) in [6.45, 7) is 3.83. The summed E-state index contributed by atoms with van der Waals surface area (Å²) in [5.41, 5.74) is 0. The molecule has 0 saturated carbocycles. The first-order chi connectivity index (χ1) is 49.3. The summed E-state index contributed by atoms with van der Waals surface area (Å²) in [5, 5.41) is 237. The Labute approximate surface area is 598 Å². The van der Waals surface area contributed by atoms with Gasteiger partial charge in [0.2, 0.25) is 5.91 Å². The Bertz CT molecular complexity index is 2750. The summed E-state index contributed by atoms with van der Waals surface area (Å²) in [4.78, 5) is 22.7. The van der Waals surface area contributed by atoms with Gasteiger partial charge in [0.15, 0.2) is 56.6 Å². The third-order valence-electron chi connectivity index (χ3n) is 19.9. The summed E-state index contributed by atoms with van der Waals surface area (Å²) in [6, 6.07) is -1.82. The van der Waals surface area contributed by atoms with E-state index in [-0.39, 0.29) is 6.61 Å². The molecule has 0 aromatic heterocycles. The van der Waals surface area contributed by atoms with Gasteiger partial charge in [-0.05, 0) is 34.6 Å². The summed E-state index contributed by atoms with van der Waals surface area (Å²) in [6.07, 6.45) is -79.5. The van der Waals surface area contributed by atoms with Crippen molar-refractivity contribution in [3.05, 3.63) is 0 Å². The van der Waals surface area contributed by atoms with Gasteiger partial charge in [-0.25, -0.2) is 4.57 Å². The van der Waals surface area contributed by atoms with Crippen LogP contribution in [0.25, 0.3) is 0 Å². The summed E-state index contributed by atoms with van der Waals surface area (Å²) >= 11 is 0. The van der Waals surface area contributed by atoms with Crippen molar-refractivity contribution >= 4 is 13.7 Å². The normalized spacial score (nSPS) is 52.2. The number of hydrogen-bond donors (Lipinski definition) is 23. The topological polar surface area (TPSA) is 676 Å². The van der Waals surface area contributed by atoms with Crippen molar-refractivity contribution in [2.24, 2.45) is 5.92 Å². The minimum absolute atomic E-state index is 0.233. The average Bonchev–Trinajstić information content (AvgIpc) is 0.763. The van der Waals surface area contributed by atoms with Crippen molar-refractivity contribution in [2.45, 2.75) is 312 Å². The molecule has 9 saturated heterocycles. The van der Waals surface area contributed by atoms with Gasteiger partial charge in [-0.15, -0.1) is 0 Å². The predicted molar refractivity (Wildman–Crippen MR) is 327 cm³/mol. The third kappa shape index (κ3) is 19.3. The monoisotopic (exact) mass is 1560 g/mol. The molecule has 9 heterocycles. The zero-order valence-corrected chi connectivity index (χ0v) is 58.7. The molecular formula is C59H102NO44P. The lowest BCUT2D eigenvalue weighted by Gasteiger charge is -2.50. The van der Waals surface area contributed by atoms with Crippen LogP contribution >= 0.6 is 7.82 Å². The Kier molecular flexibility index (Phi) is 30.6. The molecule has 0 radical (unpaired) electrons. The maximum absolute atomic E-state index is 12.8. The molecular weight excluding hydrogens is 1460 g/mol. The molecule has 612 valence electrons. The van der Waals surface area contributed by atoms with Crippen LogP contribution in [-0.2, 0) is 104 Å². The highest BCUT2D eigenvalue weighted by molar-refractivity contribution is 7.47. The molecule has 45 nitrogen and oxygen atoms in total. The molecule has 46 atom stereocenters. The number of aliphatic hydroxyl groups is 21. The van der Waals surface area contributed by atoms with Crippen LogP contribution in [-0.4, -0.2) is 435 Å². The van der Waals surface area contributed by atoms with Gasteiger partial charge in [-0.2, -0.15) is 0 Å². The van der Waals surface area contributed by atoms with E-state index in [4.69, 9.17) is 89.8 Å². The fraction of sp³-hybridized carbons (Fsp3) is 0.983. The zero-order valence-electron chi connectivity index (χ0n) is 57.8. The van der Waals surface area contributed by atoms with Gasteiger partial charge in [0.1, 0.15) is 177 Å². The minimum atomic E-state index is -4.91. The van der Waals surface area contributed by atoms with Gasteiger partial charge in [0.05, 0.1) is 69.7 Å². The van der Waals surface area contributed by atoms with Crippen molar-refractivity contribution in [1.82, 2.24) is 5.32 Å². The standard InChI is InChI=1S/C59H102NO44P/c1-14-26(63)20(10-87-52-43(80)37(74)33(70)22(97-52)11-85-7)31(68)54(90-14)99-46-35(72)21(9-61)95-53(45(46)82)88-12-23-32(69)36(73)25(60-19(6)62)51(96-23)100-48-40(77)28(65)16(3)92-57(48)102-50-42(79)30(67)18(5)94-59(50)103-49-41(78)29(66)17(4)93-58(49)101-47-39(76)27(64)15(2)91-56(47)89-13-24-34(71)38(75)44(81)55(98-24)104-105(83,84)86-8/h14-18,20-59,61,63-82H,9-13H2,1-8H3,(H,60,62)(H,83,84)/t14?,15?,16?,17?,18?,20-,21?,22?,23?,24?,25-,26-,27-,28-,29-,30-,31?,32+,33-,34-,35+,36+,37-,38-,39?,40?,41?,42?,43-,44-,45-,46-,47-,48-,49-,50-,51?,52?,53?,54-,55?,56+,57-,58-,59-/m0/s1. The van der Waals surface area contributed by atoms with Crippen LogP contribution < -0.4 is 5.32 Å². The van der Waals surface area contributed by atoms with Crippen LogP contribution in [0.1, 0.15) is 41.5 Å². The Morgan fingerprint density at radius 2 is 0.695 bits per heavy atom. The van der Waals surface area contributed by atoms with Crippen molar-refractivity contribution in [2.75, 3.05) is 47.3 Å². The number of phosphoric acid groups is 1. The molecule has 0 aromatic carbocycles.